The van der Waals surface area contributed by atoms with Crippen molar-refractivity contribution in [1.29, 1.82) is 0 Å². The Kier molecular flexibility index (Phi) is 6.17. The number of morpholine rings is 1. The fourth-order valence-electron chi connectivity index (χ4n) is 4.38. The maximum absolute atomic E-state index is 14.2. The highest BCUT2D eigenvalue weighted by molar-refractivity contribution is 7.17. The summed E-state index contributed by atoms with van der Waals surface area (Å²) in [6.07, 6.45) is 2.72. The van der Waals surface area contributed by atoms with Crippen LogP contribution in [0.1, 0.15) is 58.3 Å². The van der Waals surface area contributed by atoms with Crippen LogP contribution in [0.3, 0.4) is 0 Å². The number of nitrogens with one attached hydrogen (secondary N) is 1. The number of hydrogen-bond acceptors (Lipinski definition) is 4. The van der Waals surface area contributed by atoms with Crippen molar-refractivity contribution >= 4 is 28.2 Å². The Morgan fingerprint density at radius 3 is 2.58 bits per heavy atom. The molecule has 2 heterocycles. The SMILES string of the molecule is CC(C)(C)[C@H]1CCc2c(sc(NC(=O)c3ccccc3F)c2C(=O)N2CCOCC2)C1. The molecule has 1 fully saturated rings. The van der Waals surface area contributed by atoms with Gasteiger partial charge in [0.2, 0.25) is 0 Å². The lowest BCUT2D eigenvalue weighted by molar-refractivity contribution is 0.0303. The molecule has 5 nitrogen and oxygen atoms in total. The number of thiophene rings is 1. The van der Waals surface area contributed by atoms with Crippen molar-refractivity contribution in [1.82, 2.24) is 4.90 Å². The molecule has 1 aromatic heterocycles. The van der Waals surface area contributed by atoms with E-state index in [0.29, 0.717) is 42.8 Å². The van der Waals surface area contributed by atoms with Crippen LogP contribution in [0, 0.1) is 17.2 Å². The molecule has 4 rings (SSSR count). The lowest BCUT2D eigenvalue weighted by atomic mass is 9.72. The molecule has 2 aliphatic rings. The van der Waals surface area contributed by atoms with Gasteiger partial charge in [0.25, 0.3) is 11.8 Å². The number of carbonyl (C=O) groups is 2. The van der Waals surface area contributed by atoms with E-state index in [-0.39, 0.29) is 16.9 Å². The molecule has 166 valence electrons. The van der Waals surface area contributed by atoms with Crippen molar-refractivity contribution in [2.45, 2.75) is 40.0 Å². The van der Waals surface area contributed by atoms with Gasteiger partial charge in [-0.3, -0.25) is 9.59 Å². The number of rotatable bonds is 3. The van der Waals surface area contributed by atoms with E-state index < -0.39 is 11.7 Å². The second kappa shape index (κ2) is 8.71. The summed E-state index contributed by atoms with van der Waals surface area (Å²) in [4.78, 5) is 29.3. The van der Waals surface area contributed by atoms with Crippen LogP contribution < -0.4 is 5.32 Å². The number of amides is 2. The van der Waals surface area contributed by atoms with E-state index in [4.69, 9.17) is 4.74 Å². The highest BCUT2D eigenvalue weighted by Crippen LogP contribution is 2.44. The quantitative estimate of drug-likeness (QED) is 0.742. The minimum atomic E-state index is -0.574. The van der Waals surface area contributed by atoms with Crippen LogP contribution in [0.2, 0.25) is 0 Å². The Hall–Kier alpha value is -2.25. The summed E-state index contributed by atoms with van der Waals surface area (Å²) in [7, 11) is 0. The van der Waals surface area contributed by atoms with Crippen LogP contribution >= 0.6 is 11.3 Å². The Bertz CT molecular complexity index is 989. The summed E-state index contributed by atoms with van der Waals surface area (Å²) in [6, 6.07) is 5.90. The molecule has 0 bridgehead atoms. The molecule has 0 saturated carbocycles. The third-order valence-corrected chi connectivity index (χ3v) is 7.52. The highest BCUT2D eigenvalue weighted by Gasteiger charge is 2.35. The summed E-state index contributed by atoms with van der Waals surface area (Å²) in [5.74, 6) is -0.658. The third-order valence-electron chi connectivity index (χ3n) is 6.35. The van der Waals surface area contributed by atoms with Crippen molar-refractivity contribution in [2.75, 3.05) is 31.6 Å². The third kappa shape index (κ3) is 4.53. The van der Waals surface area contributed by atoms with Crippen molar-refractivity contribution in [2.24, 2.45) is 11.3 Å². The van der Waals surface area contributed by atoms with E-state index >= 15 is 0 Å². The molecule has 1 saturated heterocycles. The van der Waals surface area contributed by atoms with E-state index in [1.54, 1.807) is 17.0 Å². The maximum Gasteiger partial charge on any atom is 0.259 e. The number of halogens is 1. The van der Waals surface area contributed by atoms with E-state index in [1.807, 2.05) is 0 Å². The average Bonchev–Trinajstić information content (AvgIpc) is 3.10. The molecular formula is C24H29FN2O3S. The molecule has 0 spiro atoms. The molecule has 1 N–H and O–H groups in total. The van der Waals surface area contributed by atoms with Gasteiger partial charge in [-0.15, -0.1) is 11.3 Å². The van der Waals surface area contributed by atoms with Crippen LogP contribution in [-0.4, -0.2) is 43.0 Å². The minimum absolute atomic E-state index is 0.0220. The van der Waals surface area contributed by atoms with E-state index in [1.165, 1.54) is 23.5 Å². The first-order chi connectivity index (χ1) is 14.8. The summed E-state index contributed by atoms with van der Waals surface area (Å²) in [5.41, 5.74) is 1.78. The van der Waals surface area contributed by atoms with Crippen LogP contribution in [0.5, 0.6) is 0 Å². The second-order valence-corrected chi connectivity index (χ2v) is 10.5. The van der Waals surface area contributed by atoms with E-state index in [2.05, 4.69) is 26.1 Å². The maximum atomic E-state index is 14.2. The summed E-state index contributed by atoms with van der Waals surface area (Å²) in [5, 5.41) is 3.39. The molecule has 1 aromatic carbocycles. The standard InChI is InChI=1S/C24H29FN2O3S/c1-24(2,3)15-8-9-17-19(14-15)31-22(20(17)23(29)27-10-12-30-13-11-27)26-21(28)16-6-4-5-7-18(16)25/h4-7,15H,8-14H2,1-3H3,(H,26,28)/t15-/m0/s1. The molecule has 1 aliphatic carbocycles. The lowest BCUT2D eigenvalue weighted by Gasteiger charge is -2.34. The van der Waals surface area contributed by atoms with Gasteiger partial charge in [-0.2, -0.15) is 0 Å². The van der Waals surface area contributed by atoms with Crippen molar-refractivity contribution in [3.8, 4) is 0 Å². The zero-order valence-electron chi connectivity index (χ0n) is 18.3. The van der Waals surface area contributed by atoms with Gasteiger partial charge in [0.15, 0.2) is 0 Å². The number of benzene rings is 1. The number of carbonyl (C=O) groups excluding carboxylic acids is 2. The van der Waals surface area contributed by atoms with Gasteiger partial charge in [0.05, 0.1) is 24.3 Å². The predicted molar refractivity (Wildman–Crippen MR) is 120 cm³/mol. The van der Waals surface area contributed by atoms with Gasteiger partial charge in [-0.25, -0.2) is 4.39 Å². The first-order valence-corrected chi connectivity index (χ1v) is 11.6. The second-order valence-electron chi connectivity index (χ2n) is 9.35. The number of ether oxygens (including phenoxy) is 1. The monoisotopic (exact) mass is 444 g/mol. The number of fused-ring (bicyclic) bond motifs is 1. The fraction of sp³-hybridized carbons (Fsp3) is 0.500. The Labute approximate surface area is 186 Å². The van der Waals surface area contributed by atoms with Gasteiger partial charge in [0.1, 0.15) is 10.8 Å². The number of nitrogens with zero attached hydrogens (tertiary/aromatic N) is 1. The number of anilines is 1. The van der Waals surface area contributed by atoms with Crippen LogP contribution in [-0.2, 0) is 17.6 Å². The van der Waals surface area contributed by atoms with Crippen LogP contribution in [0.25, 0.3) is 0 Å². The first kappa shape index (κ1) is 22.0. The topological polar surface area (TPSA) is 58.6 Å². The predicted octanol–water partition coefficient (Wildman–Crippen LogP) is 4.76. The molecule has 0 unspecified atom stereocenters. The summed E-state index contributed by atoms with van der Waals surface area (Å²) >= 11 is 1.47. The molecule has 1 atom stereocenters. The first-order valence-electron chi connectivity index (χ1n) is 10.8. The van der Waals surface area contributed by atoms with Gasteiger partial charge >= 0.3 is 0 Å². The Balaban J connectivity index is 1.69. The largest absolute Gasteiger partial charge is 0.378 e. The van der Waals surface area contributed by atoms with Gasteiger partial charge in [-0.1, -0.05) is 32.9 Å². The molecule has 2 amide bonds. The minimum Gasteiger partial charge on any atom is -0.378 e. The Morgan fingerprint density at radius 2 is 1.90 bits per heavy atom. The number of hydrogen-bond donors (Lipinski definition) is 1. The van der Waals surface area contributed by atoms with Crippen molar-refractivity contribution < 1.29 is 18.7 Å². The normalized spacial score (nSPS) is 19.1. The molecule has 1 aliphatic heterocycles. The van der Waals surface area contributed by atoms with Gasteiger partial charge < -0.3 is 15.0 Å². The summed E-state index contributed by atoms with van der Waals surface area (Å²) < 4.78 is 19.5. The molecule has 2 aromatic rings. The van der Waals surface area contributed by atoms with E-state index in [9.17, 15) is 14.0 Å². The fourth-order valence-corrected chi connectivity index (χ4v) is 5.69. The zero-order valence-corrected chi connectivity index (χ0v) is 19.1. The average molecular weight is 445 g/mol. The molecule has 0 radical (unpaired) electrons. The molecular weight excluding hydrogens is 415 g/mol. The van der Waals surface area contributed by atoms with Gasteiger partial charge in [0, 0.05) is 18.0 Å². The van der Waals surface area contributed by atoms with Crippen LogP contribution in [0.4, 0.5) is 9.39 Å². The van der Waals surface area contributed by atoms with Crippen LogP contribution in [0.15, 0.2) is 24.3 Å². The van der Waals surface area contributed by atoms with Crippen molar-refractivity contribution in [3.05, 3.63) is 51.7 Å². The smallest absolute Gasteiger partial charge is 0.259 e. The Morgan fingerprint density at radius 1 is 1.19 bits per heavy atom. The zero-order chi connectivity index (χ0) is 22.2. The van der Waals surface area contributed by atoms with Crippen molar-refractivity contribution in [3.63, 3.8) is 0 Å². The molecule has 31 heavy (non-hydrogen) atoms. The van der Waals surface area contributed by atoms with Gasteiger partial charge in [-0.05, 0) is 48.3 Å². The van der Waals surface area contributed by atoms with E-state index in [0.717, 1.165) is 29.7 Å². The molecule has 7 heteroatoms. The lowest BCUT2D eigenvalue weighted by Crippen LogP contribution is -2.41. The summed E-state index contributed by atoms with van der Waals surface area (Å²) in [6.45, 7) is 8.84. The highest BCUT2D eigenvalue weighted by atomic mass is 32.1.